The van der Waals surface area contributed by atoms with E-state index >= 15 is 0 Å². The minimum Gasteiger partial charge on any atom is -0.513 e. The van der Waals surface area contributed by atoms with Crippen LogP contribution in [-0.4, -0.2) is 27.6 Å². The third kappa shape index (κ3) is 8.49. The largest absolute Gasteiger partial charge is 0.513 e. The fraction of sp³-hybridized carbons (Fsp3) is 0.145. The van der Waals surface area contributed by atoms with Gasteiger partial charge in [-0.2, -0.15) is 0 Å². The topological polar surface area (TPSA) is 56.7 Å². The third-order valence-corrected chi connectivity index (χ3v) is 13.2. The van der Waals surface area contributed by atoms with Crippen LogP contribution < -0.4 is 5.19 Å². The average molecular weight is 1000 g/mol. The van der Waals surface area contributed by atoms with Crippen molar-refractivity contribution in [1.29, 1.82) is 0 Å². The van der Waals surface area contributed by atoms with Crippen LogP contribution in [0.5, 0.6) is 0 Å². The molecule has 4 heterocycles. The van der Waals surface area contributed by atoms with E-state index in [2.05, 4.69) is 171 Å². The summed E-state index contributed by atoms with van der Waals surface area (Å²) in [5.41, 5.74) is 15.2. The summed E-state index contributed by atoms with van der Waals surface area (Å²) in [4.78, 5) is 15.0. The van der Waals surface area contributed by atoms with E-state index in [1.165, 1.54) is 10.8 Å². The zero-order valence-corrected chi connectivity index (χ0v) is 39.3. The maximum Gasteiger partial charge on any atom is 0.119 e. The Morgan fingerprint density at radius 3 is 2.02 bits per heavy atom. The van der Waals surface area contributed by atoms with Crippen molar-refractivity contribution in [2.24, 2.45) is 5.92 Å². The number of rotatable bonds is 8. The molecule has 0 fully saturated rings. The van der Waals surface area contributed by atoms with Gasteiger partial charge in [-0.1, -0.05) is 148 Å². The Morgan fingerprint density at radius 2 is 1.35 bits per heavy atom. The van der Waals surface area contributed by atoms with E-state index in [9.17, 15) is 0 Å². The third-order valence-electron chi connectivity index (χ3n) is 11.1. The van der Waals surface area contributed by atoms with E-state index in [4.69, 9.17) is 14.4 Å². The van der Waals surface area contributed by atoms with Gasteiger partial charge in [0.05, 0.1) is 41.7 Å². The zero-order chi connectivity index (χ0) is 42.1. The van der Waals surface area contributed by atoms with Crippen LogP contribution in [0.15, 0.2) is 168 Å². The summed E-state index contributed by atoms with van der Waals surface area (Å²) in [6.45, 7) is 13.8. The van der Waals surface area contributed by atoms with Crippen molar-refractivity contribution in [1.82, 2.24) is 19.5 Å². The molecule has 0 saturated carbocycles. The van der Waals surface area contributed by atoms with Gasteiger partial charge in [-0.3, -0.25) is 9.97 Å². The molecule has 0 atom stereocenters. The number of fused-ring (bicyclic) bond motifs is 4. The maximum atomic E-state index is 6.13. The predicted molar refractivity (Wildman–Crippen MR) is 256 cm³/mol. The number of hydrogen-bond donors (Lipinski definition) is 0. The van der Waals surface area contributed by atoms with Gasteiger partial charge in [-0.25, -0.2) is 0 Å². The predicted octanol–water partition coefficient (Wildman–Crippen LogP) is 13.7. The minimum atomic E-state index is -1.34. The van der Waals surface area contributed by atoms with Crippen LogP contribution in [0.2, 0.25) is 19.6 Å². The number of imidazole rings is 1. The van der Waals surface area contributed by atoms with Gasteiger partial charge in [0, 0.05) is 42.8 Å². The first-order chi connectivity index (χ1) is 29.6. The van der Waals surface area contributed by atoms with Crippen LogP contribution >= 0.6 is 0 Å². The van der Waals surface area contributed by atoms with Crippen molar-refractivity contribution in [3.63, 3.8) is 0 Å². The molecule has 62 heavy (non-hydrogen) atoms. The molecule has 0 aliphatic carbocycles. The van der Waals surface area contributed by atoms with E-state index < -0.39 is 8.07 Å². The molecule has 309 valence electrons. The van der Waals surface area contributed by atoms with Gasteiger partial charge in [-0.05, 0) is 70.7 Å². The van der Waals surface area contributed by atoms with Crippen molar-refractivity contribution < 1.29 is 24.5 Å². The molecule has 0 spiro atoms. The summed E-state index contributed by atoms with van der Waals surface area (Å²) in [5.74, 6) is 1.40. The molecule has 5 nitrogen and oxygen atoms in total. The summed E-state index contributed by atoms with van der Waals surface area (Å²) in [6.07, 6.45) is 3.24. The number of furan rings is 1. The SMILES string of the molecule is CC(C)Cc1cc(-c2[c-]cccc2)ncc1[Si](C)(C)C.Cc1cccc2oc3c[c-]c(-c4nc5ccccc5n4-c4c(-c5ccccc5)cccc4-c4ccccc4)nc3c12.[Ir]. The standard InChI is InChI=1S/C37H24N3O.C18H24NSi.Ir/c1-24-12-10-21-32-34(24)35-33(41-32)23-22-30(38-35)37-39-29-19-8-9-20-31(29)40(37)36-27(25-13-4-2-5-14-25)17-11-18-28(36)26-15-6-3-7-16-26;1-14(2)11-16-12-17(15-9-7-6-8-10-15)19-13-18(16)20(3,4)5;/h2-21,23H,1H3;6-9,12-14H,11H2,1-5H3;/q2*-1;. The smallest absolute Gasteiger partial charge is 0.119 e. The van der Waals surface area contributed by atoms with Crippen molar-refractivity contribution >= 4 is 46.4 Å². The molecular formula is C55H48IrN4OSi-2. The molecule has 4 aromatic heterocycles. The molecule has 6 aromatic carbocycles. The van der Waals surface area contributed by atoms with E-state index in [1.54, 1.807) is 0 Å². The second kappa shape index (κ2) is 18.0. The Hall–Kier alpha value is -6.24. The fourth-order valence-corrected chi connectivity index (χ4v) is 9.89. The molecule has 0 aliphatic heterocycles. The quantitative estimate of drug-likeness (QED) is 0.112. The van der Waals surface area contributed by atoms with Gasteiger partial charge in [0.2, 0.25) is 0 Å². The van der Waals surface area contributed by atoms with Crippen LogP contribution in [0.3, 0.4) is 0 Å². The molecular weight excluding hydrogens is 953 g/mol. The second-order valence-corrected chi connectivity index (χ2v) is 22.1. The molecule has 0 bridgehead atoms. The van der Waals surface area contributed by atoms with Crippen molar-refractivity contribution in [2.75, 3.05) is 0 Å². The average Bonchev–Trinajstić information content (AvgIpc) is 3.86. The fourth-order valence-electron chi connectivity index (χ4n) is 8.30. The van der Waals surface area contributed by atoms with Crippen LogP contribution in [0.25, 0.3) is 83.8 Å². The van der Waals surface area contributed by atoms with Crippen LogP contribution in [0.1, 0.15) is 25.0 Å². The summed E-state index contributed by atoms with van der Waals surface area (Å²) < 4.78 is 8.38. The molecule has 10 aromatic rings. The van der Waals surface area contributed by atoms with Crippen molar-refractivity contribution in [3.05, 3.63) is 187 Å². The van der Waals surface area contributed by atoms with Gasteiger partial charge in [0.1, 0.15) is 5.58 Å². The van der Waals surface area contributed by atoms with E-state index in [0.29, 0.717) is 11.6 Å². The first kappa shape index (κ1) is 42.4. The number of aryl methyl sites for hydroxylation is 1. The Labute approximate surface area is 378 Å². The Kier molecular flexibility index (Phi) is 12.3. The maximum absolute atomic E-state index is 6.13. The Bertz CT molecular complexity index is 3080. The molecule has 0 unspecified atom stereocenters. The summed E-state index contributed by atoms with van der Waals surface area (Å²) in [6, 6.07) is 60.8. The molecule has 1 radical (unpaired) electrons. The van der Waals surface area contributed by atoms with Gasteiger partial charge in [0.25, 0.3) is 0 Å². The van der Waals surface area contributed by atoms with Gasteiger partial charge in [-0.15, -0.1) is 48.0 Å². The molecule has 7 heteroatoms. The number of benzene rings is 6. The van der Waals surface area contributed by atoms with Gasteiger partial charge in [0.15, 0.2) is 0 Å². The molecule has 0 amide bonds. The molecule has 0 aliphatic rings. The zero-order valence-electron chi connectivity index (χ0n) is 35.9. The monoisotopic (exact) mass is 1000 g/mol. The van der Waals surface area contributed by atoms with E-state index in [0.717, 1.165) is 90.1 Å². The molecule has 10 rings (SSSR count). The van der Waals surface area contributed by atoms with Crippen molar-refractivity contribution in [2.45, 2.75) is 46.8 Å². The van der Waals surface area contributed by atoms with Crippen LogP contribution in [0.4, 0.5) is 0 Å². The first-order valence-corrected chi connectivity index (χ1v) is 24.5. The van der Waals surface area contributed by atoms with Crippen molar-refractivity contribution in [3.8, 4) is 50.7 Å². The number of pyridine rings is 2. The molecule has 0 saturated heterocycles. The van der Waals surface area contributed by atoms with E-state index in [1.807, 2.05) is 54.6 Å². The summed E-state index contributed by atoms with van der Waals surface area (Å²) in [7, 11) is -1.34. The Balaban J connectivity index is 0.000000214. The summed E-state index contributed by atoms with van der Waals surface area (Å²) in [5, 5.41) is 2.51. The minimum absolute atomic E-state index is 0. The Morgan fingerprint density at radius 1 is 0.694 bits per heavy atom. The van der Waals surface area contributed by atoms with Gasteiger partial charge >= 0.3 is 0 Å². The number of para-hydroxylation sites is 3. The number of aromatic nitrogens is 4. The van der Waals surface area contributed by atoms with Crippen LogP contribution in [0, 0.1) is 25.0 Å². The first-order valence-electron chi connectivity index (χ1n) is 21.0. The van der Waals surface area contributed by atoms with Gasteiger partial charge < -0.3 is 14.0 Å². The number of nitrogens with zero attached hydrogens (tertiary/aromatic N) is 4. The number of hydrogen-bond acceptors (Lipinski definition) is 4. The van der Waals surface area contributed by atoms with E-state index in [-0.39, 0.29) is 20.1 Å². The van der Waals surface area contributed by atoms with Crippen LogP contribution in [-0.2, 0) is 26.5 Å². The second-order valence-electron chi connectivity index (χ2n) is 17.1. The normalized spacial score (nSPS) is 11.5. The molecule has 0 N–H and O–H groups in total. The summed E-state index contributed by atoms with van der Waals surface area (Å²) >= 11 is 0.